The number of carbonyl (C=O) groups excluding carboxylic acids is 1. The lowest BCUT2D eigenvalue weighted by Gasteiger charge is -2.14. The van der Waals surface area contributed by atoms with E-state index in [1.807, 2.05) is 6.07 Å². The van der Waals surface area contributed by atoms with Gasteiger partial charge in [-0.3, -0.25) is 4.79 Å². The minimum Gasteiger partial charge on any atom is -0.496 e. The zero-order valence-corrected chi connectivity index (χ0v) is 13.7. The highest BCUT2D eigenvalue weighted by Gasteiger charge is 2.21. The van der Waals surface area contributed by atoms with Crippen LogP contribution in [0.5, 0.6) is 23.0 Å². The largest absolute Gasteiger partial charge is 0.496 e. The van der Waals surface area contributed by atoms with Crippen molar-refractivity contribution in [1.82, 2.24) is 0 Å². The number of hydrogen-bond donors (Lipinski definition) is 0. The van der Waals surface area contributed by atoms with E-state index >= 15 is 0 Å². The van der Waals surface area contributed by atoms with Crippen LogP contribution in [-0.2, 0) is 0 Å². The van der Waals surface area contributed by atoms with Crippen molar-refractivity contribution in [2.24, 2.45) is 0 Å². The van der Waals surface area contributed by atoms with E-state index in [-0.39, 0.29) is 18.0 Å². The molecule has 0 atom stereocenters. The van der Waals surface area contributed by atoms with E-state index in [4.69, 9.17) is 24.2 Å². The maximum atomic E-state index is 12.6. The molecule has 0 N–H and O–H groups in total. The molecule has 0 aromatic heterocycles. The van der Waals surface area contributed by atoms with Crippen molar-refractivity contribution in [2.75, 3.05) is 27.9 Å². The average Bonchev–Trinajstić information content (AvgIpc) is 2.64. The molecule has 0 amide bonds. The van der Waals surface area contributed by atoms with Crippen LogP contribution in [-0.4, -0.2) is 33.7 Å². The van der Waals surface area contributed by atoms with Crippen LogP contribution < -0.4 is 18.9 Å². The summed E-state index contributed by atoms with van der Waals surface area (Å²) in [5.41, 5.74) is 0.620. The molecule has 2 aromatic rings. The van der Waals surface area contributed by atoms with E-state index in [2.05, 4.69) is 0 Å². The molecule has 0 saturated heterocycles. The molecule has 0 aliphatic rings. The van der Waals surface area contributed by atoms with Gasteiger partial charge in [0.05, 0.1) is 26.9 Å². The number of para-hydroxylation sites is 1. The highest BCUT2D eigenvalue weighted by molar-refractivity contribution is 6.02. The second-order valence-electron chi connectivity index (χ2n) is 4.73. The maximum Gasteiger partial charge on any atom is 0.207 e. The van der Waals surface area contributed by atoms with E-state index in [0.29, 0.717) is 28.6 Å². The van der Waals surface area contributed by atoms with Crippen LogP contribution in [0.15, 0.2) is 36.4 Å². The van der Waals surface area contributed by atoms with Gasteiger partial charge >= 0.3 is 0 Å². The number of methoxy groups -OCH3 is 3. The summed E-state index contributed by atoms with van der Waals surface area (Å²) in [6, 6.07) is 11.9. The first-order valence-electron chi connectivity index (χ1n) is 7.09. The summed E-state index contributed by atoms with van der Waals surface area (Å²) < 4.78 is 21.2. The summed E-state index contributed by atoms with van der Waals surface area (Å²) in [6.45, 7) is -0.252. The Morgan fingerprint density at radius 1 is 1.00 bits per heavy atom. The molecule has 0 aliphatic carbocycles. The van der Waals surface area contributed by atoms with Gasteiger partial charge in [-0.15, -0.1) is 0 Å². The molecule has 0 bridgehead atoms. The Bertz CT molecular complexity index is 754. The highest BCUT2D eigenvalue weighted by atomic mass is 16.5. The number of rotatable bonds is 7. The van der Waals surface area contributed by atoms with Crippen molar-refractivity contribution in [1.29, 1.82) is 5.26 Å². The maximum absolute atomic E-state index is 12.6. The van der Waals surface area contributed by atoms with Gasteiger partial charge in [0.2, 0.25) is 5.78 Å². The monoisotopic (exact) mass is 327 g/mol. The summed E-state index contributed by atoms with van der Waals surface area (Å²) in [5.74, 6) is 1.18. The molecule has 124 valence electrons. The molecular weight excluding hydrogens is 310 g/mol. The molecule has 0 unspecified atom stereocenters. The lowest BCUT2D eigenvalue weighted by molar-refractivity contribution is 0.0915. The summed E-state index contributed by atoms with van der Waals surface area (Å²) >= 11 is 0. The van der Waals surface area contributed by atoms with Crippen LogP contribution in [0.1, 0.15) is 15.9 Å². The van der Waals surface area contributed by atoms with Crippen molar-refractivity contribution < 1.29 is 23.7 Å². The number of hydrogen-bond acceptors (Lipinski definition) is 6. The molecule has 6 nitrogen and oxygen atoms in total. The van der Waals surface area contributed by atoms with Crippen LogP contribution in [0.25, 0.3) is 0 Å². The predicted molar refractivity (Wildman–Crippen MR) is 87.1 cm³/mol. The normalized spacial score (nSPS) is 9.75. The smallest absolute Gasteiger partial charge is 0.207 e. The van der Waals surface area contributed by atoms with Gasteiger partial charge in [-0.1, -0.05) is 12.1 Å². The van der Waals surface area contributed by atoms with E-state index in [1.165, 1.54) is 21.3 Å². The fourth-order valence-electron chi connectivity index (χ4n) is 2.18. The van der Waals surface area contributed by atoms with Gasteiger partial charge in [0, 0.05) is 12.1 Å². The summed E-state index contributed by atoms with van der Waals surface area (Å²) in [4.78, 5) is 12.6. The Morgan fingerprint density at radius 2 is 1.62 bits per heavy atom. The van der Waals surface area contributed by atoms with E-state index in [1.54, 1.807) is 36.4 Å². The number of carbonyl (C=O) groups is 1. The number of nitriles is 1. The third-order valence-electron chi connectivity index (χ3n) is 3.36. The third-order valence-corrected chi connectivity index (χ3v) is 3.36. The van der Waals surface area contributed by atoms with Crippen LogP contribution in [0.2, 0.25) is 0 Å². The zero-order chi connectivity index (χ0) is 17.5. The summed E-state index contributed by atoms with van der Waals surface area (Å²) in [5, 5.41) is 9.05. The van der Waals surface area contributed by atoms with Crippen LogP contribution in [0.4, 0.5) is 0 Å². The molecule has 0 spiro atoms. The van der Waals surface area contributed by atoms with Crippen molar-refractivity contribution in [3.05, 3.63) is 47.5 Å². The van der Waals surface area contributed by atoms with Crippen LogP contribution >= 0.6 is 0 Å². The Kier molecular flexibility index (Phi) is 5.63. The highest BCUT2D eigenvalue weighted by Crippen LogP contribution is 2.34. The van der Waals surface area contributed by atoms with Crippen LogP contribution in [0, 0.1) is 11.3 Å². The van der Waals surface area contributed by atoms with Crippen molar-refractivity contribution >= 4 is 5.78 Å². The standard InChI is InChI=1S/C18H17NO5/c1-21-13-8-16(22-2)18(17(9-13)23-3)14(20)11-24-15-7-5-4-6-12(15)10-19/h4-9H,11H2,1-3H3. The average molecular weight is 327 g/mol. The predicted octanol–water partition coefficient (Wildman–Crippen LogP) is 2.85. The number of benzene rings is 2. The number of ketones is 1. The summed E-state index contributed by atoms with van der Waals surface area (Å²) in [7, 11) is 4.42. The Hall–Kier alpha value is -3.20. The van der Waals surface area contributed by atoms with E-state index in [0.717, 1.165) is 0 Å². The number of ether oxygens (including phenoxy) is 4. The Morgan fingerprint density at radius 3 is 2.17 bits per heavy atom. The Labute approximate surface area is 140 Å². The number of Topliss-reactive ketones (excluding diaryl/α,β-unsaturated/α-hetero) is 1. The van der Waals surface area contributed by atoms with Gasteiger partial charge in [0.1, 0.15) is 34.6 Å². The first-order chi connectivity index (χ1) is 11.6. The van der Waals surface area contributed by atoms with Crippen molar-refractivity contribution in [2.45, 2.75) is 0 Å². The lowest BCUT2D eigenvalue weighted by atomic mass is 10.1. The van der Waals surface area contributed by atoms with E-state index in [9.17, 15) is 4.79 Å². The van der Waals surface area contributed by atoms with Gasteiger partial charge in [0.15, 0.2) is 6.61 Å². The fourth-order valence-corrected chi connectivity index (χ4v) is 2.18. The van der Waals surface area contributed by atoms with Crippen LogP contribution in [0.3, 0.4) is 0 Å². The van der Waals surface area contributed by atoms with Gasteiger partial charge in [0.25, 0.3) is 0 Å². The van der Waals surface area contributed by atoms with Gasteiger partial charge < -0.3 is 18.9 Å². The molecule has 0 radical (unpaired) electrons. The van der Waals surface area contributed by atoms with Gasteiger partial charge in [-0.25, -0.2) is 0 Å². The first-order valence-corrected chi connectivity index (χ1v) is 7.09. The molecule has 2 rings (SSSR count). The minimum atomic E-state index is -0.334. The van der Waals surface area contributed by atoms with Crippen molar-refractivity contribution in [3.8, 4) is 29.1 Å². The molecule has 24 heavy (non-hydrogen) atoms. The lowest BCUT2D eigenvalue weighted by Crippen LogP contribution is -2.14. The first kappa shape index (κ1) is 17.2. The molecule has 0 aliphatic heterocycles. The van der Waals surface area contributed by atoms with Crippen molar-refractivity contribution in [3.63, 3.8) is 0 Å². The van der Waals surface area contributed by atoms with Gasteiger partial charge in [-0.2, -0.15) is 5.26 Å². The topological polar surface area (TPSA) is 77.8 Å². The Balaban J connectivity index is 2.28. The second-order valence-corrected chi connectivity index (χ2v) is 4.73. The third kappa shape index (κ3) is 3.58. The van der Waals surface area contributed by atoms with E-state index < -0.39 is 0 Å². The molecule has 0 heterocycles. The summed E-state index contributed by atoms with van der Waals surface area (Å²) in [6.07, 6.45) is 0. The minimum absolute atomic E-state index is 0.252. The molecule has 6 heteroatoms. The second kappa shape index (κ2) is 7.88. The molecular formula is C18H17NO5. The molecule has 0 saturated carbocycles. The number of nitrogens with zero attached hydrogens (tertiary/aromatic N) is 1. The van der Waals surface area contributed by atoms with Gasteiger partial charge in [-0.05, 0) is 12.1 Å². The molecule has 0 fully saturated rings. The molecule has 2 aromatic carbocycles. The zero-order valence-electron chi connectivity index (χ0n) is 13.7. The SMILES string of the molecule is COc1cc(OC)c(C(=O)COc2ccccc2C#N)c(OC)c1. The fraction of sp³-hybridized carbons (Fsp3) is 0.222. The quantitative estimate of drug-likeness (QED) is 0.728.